The topological polar surface area (TPSA) is 111 Å². The minimum Gasteiger partial charge on any atom is -0.477 e. The number of amides is 1. The second kappa shape index (κ2) is 7.51. The molecule has 2 aromatic heterocycles. The van der Waals surface area contributed by atoms with E-state index >= 15 is 0 Å². The minimum absolute atomic E-state index is 0.0279. The lowest BCUT2D eigenvalue weighted by Crippen LogP contribution is -2.45. The van der Waals surface area contributed by atoms with Crippen molar-refractivity contribution in [2.45, 2.75) is 25.8 Å². The van der Waals surface area contributed by atoms with Crippen molar-refractivity contribution in [3.05, 3.63) is 39.4 Å². The van der Waals surface area contributed by atoms with Crippen molar-refractivity contribution in [3.8, 4) is 0 Å². The van der Waals surface area contributed by atoms with Crippen molar-refractivity contribution in [1.82, 2.24) is 20.3 Å². The number of halogens is 2. The summed E-state index contributed by atoms with van der Waals surface area (Å²) in [4.78, 5) is 36.4. The molecule has 138 valence electrons. The smallest absolute Gasteiger partial charge is 0.354 e. The molecule has 0 aliphatic carbocycles. The van der Waals surface area contributed by atoms with Crippen molar-refractivity contribution in [2.75, 3.05) is 18.0 Å². The third kappa shape index (κ3) is 3.76. The number of aromatic carboxylic acids is 1. The van der Waals surface area contributed by atoms with Crippen LogP contribution in [0.5, 0.6) is 0 Å². The van der Waals surface area contributed by atoms with Gasteiger partial charge in [0.2, 0.25) is 5.95 Å². The normalized spacial score (nSPS) is 15.1. The van der Waals surface area contributed by atoms with E-state index in [0.29, 0.717) is 42.6 Å². The Kier molecular flexibility index (Phi) is 5.33. The highest BCUT2D eigenvalue weighted by atomic mass is 35.5. The van der Waals surface area contributed by atoms with Crippen LogP contribution in [0.3, 0.4) is 0 Å². The van der Waals surface area contributed by atoms with E-state index in [2.05, 4.69) is 20.3 Å². The highest BCUT2D eigenvalue weighted by molar-refractivity contribution is 6.44. The first-order chi connectivity index (χ1) is 12.4. The first-order valence-electron chi connectivity index (χ1n) is 8.02. The Hall–Kier alpha value is -2.32. The minimum atomic E-state index is -1.09. The summed E-state index contributed by atoms with van der Waals surface area (Å²) in [7, 11) is 0. The molecular formula is C16H17Cl2N5O3. The number of nitrogens with one attached hydrogen (secondary N) is 2. The summed E-state index contributed by atoms with van der Waals surface area (Å²) in [5.74, 6) is -1.01. The van der Waals surface area contributed by atoms with Gasteiger partial charge in [-0.2, -0.15) is 0 Å². The van der Waals surface area contributed by atoms with E-state index < -0.39 is 5.97 Å². The number of aromatic nitrogens is 3. The number of carboxylic acids is 1. The molecule has 26 heavy (non-hydrogen) atoms. The van der Waals surface area contributed by atoms with Gasteiger partial charge < -0.3 is 20.3 Å². The Labute approximate surface area is 159 Å². The molecule has 1 aliphatic rings. The van der Waals surface area contributed by atoms with E-state index in [0.717, 1.165) is 0 Å². The average Bonchev–Trinajstić information content (AvgIpc) is 2.90. The molecule has 1 amide bonds. The molecule has 3 heterocycles. The Morgan fingerprint density at radius 3 is 2.58 bits per heavy atom. The van der Waals surface area contributed by atoms with Gasteiger partial charge in [-0.05, 0) is 25.8 Å². The molecule has 10 heteroatoms. The molecule has 0 bridgehead atoms. The van der Waals surface area contributed by atoms with Gasteiger partial charge in [-0.3, -0.25) is 4.79 Å². The highest BCUT2D eigenvalue weighted by Crippen LogP contribution is 2.29. The van der Waals surface area contributed by atoms with Crippen molar-refractivity contribution >= 4 is 41.0 Å². The summed E-state index contributed by atoms with van der Waals surface area (Å²) in [6, 6.07) is 1.33. The fourth-order valence-corrected chi connectivity index (χ4v) is 3.25. The number of hydrogen-bond donors (Lipinski definition) is 3. The number of nitrogens with zero attached hydrogens (tertiary/aromatic N) is 3. The maximum Gasteiger partial charge on any atom is 0.354 e. The number of hydrogen-bond acceptors (Lipinski definition) is 5. The molecule has 3 rings (SSSR count). The van der Waals surface area contributed by atoms with Gasteiger partial charge in [-0.25, -0.2) is 14.8 Å². The van der Waals surface area contributed by atoms with Crippen molar-refractivity contribution < 1.29 is 14.7 Å². The zero-order valence-electron chi connectivity index (χ0n) is 13.9. The van der Waals surface area contributed by atoms with Gasteiger partial charge in [-0.15, -0.1) is 0 Å². The molecule has 0 aromatic carbocycles. The number of carbonyl (C=O) groups excluding carboxylic acids is 1. The molecule has 1 aliphatic heterocycles. The zero-order valence-corrected chi connectivity index (χ0v) is 15.4. The predicted octanol–water partition coefficient (Wildman–Crippen LogP) is 2.52. The number of anilines is 1. The molecule has 3 N–H and O–H groups in total. The van der Waals surface area contributed by atoms with E-state index in [1.54, 1.807) is 6.92 Å². The number of aromatic amines is 1. The number of carbonyl (C=O) groups is 2. The Morgan fingerprint density at radius 1 is 1.31 bits per heavy atom. The molecule has 0 unspecified atom stereocenters. The quantitative estimate of drug-likeness (QED) is 0.730. The van der Waals surface area contributed by atoms with Gasteiger partial charge in [0, 0.05) is 31.0 Å². The van der Waals surface area contributed by atoms with Crippen LogP contribution >= 0.6 is 23.2 Å². The molecule has 0 atom stereocenters. The van der Waals surface area contributed by atoms with Crippen LogP contribution in [0, 0.1) is 6.92 Å². The van der Waals surface area contributed by atoms with Gasteiger partial charge in [0.15, 0.2) is 5.69 Å². The fraction of sp³-hybridized carbons (Fsp3) is 0.375. The maximum atomic E-state index is 12.4. The monoisotopic (exact) mass is 397 g/mol. The summed E-state index contributed by atoms with van der Waals surface area (Å²) in [5, 5.41) is 12.5. The lowest BCUT2D eigenvalue weighted by atomic mass is 10.1. The van der Waals surface area contributed by atoms with Crippen LogP contribution in [0.4, 0.5) is 5.95 Å². The third-order valence-corrected chi connectivity index (χ3v) is 5.20. The lowest BCUT2D eigenvalue weighted by Gasteiger charge is -2.32. The first kappa shape index (κ1) is 18.5. The number of rotatable bonds is 4. The summed E-state index contributed by atoms with van der Waals surface area (Å²) >= 11 is 12.1. The van der Waals surface area contributed by atoms with Gasteiger partial charge in [0.25, 0.3) is 5.91 Å². The van der Waals surface area contributed by atoms with Crippen LogP contribution in [0.1, 0.15) is 39.5 Å². The second-order valence-corrected chi connectivity index (χ2v) is 6.79. The summed E-state index contributed by atoms with van der Waals surface area (Å²) in [6.45, 7) is 2.95. The first-order valence-corrected chi connectivity index (χ1v) is 8.78. The number of piperidine rings is 1. The SMILES string of the molecule is Cc1[nH]c(C(=O)NC2CCN(c3nccc(C(=O)O)n3)CC2)c(Cl)c1Cl. The molecule has 0 spiro atoms. The van der Waals surface area contributed by atoms with Crippen molar-refractivity contribution in [1.29, 1.82) is 0 Å². The van der Waals surface area contributed by atoms with E-state index in [9.17, 15) is 9.59 Å². The van der Waals surface area contributed by atoms with E-state index in [4.69, 9.17) is 28.3 Å². The van der Waals surface area contributed by atoms with Gasteiger partial charge in [0.05, 0.1) is 10.0 Å². The molecule has 1 fully saturated rings. The number of aryl methyl sites for hydroxylation is 1. The molecular weight excluding hydrogens is 381 g/mol. The number of carboxylic acid groups (broad SMARTS) is 1. The maximum absolute atomic E-state index is 12.4. The van der Waals surface area contributed by atoms with Gasteiger partial charge in [0.1, 0.15) is 5.69 Å². The standard InChI is InChI=1S/C16H17Cl2N5O3/c1-8-11(17)12(18)13(20-8)14(24)21-9-3-6-23(7-4-9)16-19-5-2-10(22-16)15(25)26/h2,5,9,20H,3-4,6-7H2,1H3,(H,21,24)(H,25,26). The summed E-state index contributed by atoms with van der Waals surface area (Å²) in [5.41, 5.74) is 0.861. The molecule has 8 nitrogen and oxygen atoms in total. The second-order valence-electron chi connectivity index (χ2n) is 6.03. The molecule has 0 radical (unpaired) electrons. The van der Waals surface area contributed by atoms with E-state index in [1.807, 2.05) is 4.90 Å². The Balaban J connectivity index is 1.60. The van der Waals surface area contributed by atoms with Crippen LogP contribution in [0.2, 0.25) is 10.0 Å². The molecule has 2 aromatic rings. The highest BCUT2D eigenvalue weighted by Gasteiger charge is 2.25. The Morgan fingerprint density at radius 2 is 2.00 bits per heavy atom. The van der Waals surface area contributed by atoms with Gasteiger partial charge in [-0.1, -0.05) is 23.2 Å². The van der Waals surface area contributed by atoms with Crippen LogP contribution in [0.15, 0.2) is 12.3 Å². The third-order valence-electron chi connectivity index (χ3n) is 4.26. The van der Waals surface area contributed by atoms with Crippen LogP contribution in [0.25, 0.3) is 0 Å². The Bertz CT molecular complexity index is 846. The summed E-state index contributed by atoms with van der Waals surface area (Å²) < 4.78 is 0. The molecule has 0 saturated carbocycles. The van der Waals surface area contributed by atoms with Gasteiger partial charge >= 0.3 is 5.97 Å². The number of H-pyrrole nitrogens is 1. The lowest BCUT2D eigenvalue weighted by molar-refractivity contribution is 0.0690. The van der Waals surface area contributed by atoms with Crippen LogP contribution in [-0.2, 0) is 0 Å². The largest absolute Gasteiger partial charge is 0.477 e. The summed E-state index contributed by atoms with van der Waals surface area (Å²) in [6.07, 6.45) is 2.79. The van der Waals surface area contributed by atoms with Crippen molar-refractivity contribution in [2.24, 2.45) is 0 Å². The predicted molar refractivity (Wildman–Crippen MR) is 97.2 cm³/mol. The van der Waals surface area contributed by atoms with Crippen LogP contribution < -0.4 is 10.2 Å². The average molecular weight is 398 g/mol. The van der Waals surface area contributed by atoms with Crippen LogP contribution in [-0.4, -0.2) is 51.1 Å². The zero-order chi connectivity index (χ0) is 18.8. The van der Waals surface area contributed by atoms with E-state index in [1.165, 1.54) is 12.3 Å². The van der Waals surface area contributed by atoms with Crippen molar-refractivity contribution in [3.63, 3.8) is 0 Å². The fourth-order valence-electron chi connectivity index (χ4n) is 2.83. The van der Waals surface area contributed by atoms with E-state index in [-0.39, 0.29) is 28.4 Å². The molecule has 1 saturated heterocycles.